The Morgan fingerprint density at radius 3 is 2.75 bits per heavy atom. The maximum absolute atomic E-state index is 13.4. The number of hydrogen-bond donors (Lipinski definition) is 1. The van der Waals surface area contributed by atoms with Crippen LogP contribution in [0, 0.1) is 15.9 Å². The fourth-order valence-corrected chi connectivity index (χ4v) is 1.63. The summed E-state index contributed by atoms with van der Waals surface area (Å²) in [6.07, 6.45) is 0.988. The Morgan fingerprint density at radius 2 is 2.19 bits per heavy atom. The van der Waals surface area contributed by atoms with E-state index in [9.17, 15) is 14.5 Å². The highest BCUT2D eigenvalue weighted by Gasteiger charge is 2.31. The molecule has 16 heavy (non-hydrogen) atoms. The first-order chi connectivity index (χ1) is 7.58. The summed E-state index contributed by atoms with van der Waals surface area (Å²) >= 11 is 0. The van der Waals surface area contributed by atoms with Gasteiger partial charge in [0.1, 0.15) is 6.10 Å². The van der Waals surface area contributed by atoms with Crippen molar-refractivity contribution in [1.29, 1.82) is 0 Å². The molecule has 1 saturated carbocycles. The third-order valence-electron chi connectivity index (χ3n) is 2.56. The molecule has 0 spiro atoms. The molecule has 1 aliphatic rings. The Hall–Kier alpha value is -1.69. The van der Waals surface area contributed by atoms with Crippen LogP contribution >= 0.6 is 0 Å². The molecule has 0 aromatic heterocycles. The zero-order valence-corrected chi connectivity index (χ0v) is 8.43. The third-order valence-corrected chi connectivity index (χ3v) is 2.56. The van der Waals surface area contributed by atoms with E-state index in [2.05, 4.69) is 0 Å². The molecule has 2 N–H and O–H groups in total. The quantitative estimate of drug-likeness (QED) is 0.627. The molecule has 0 heterocycles. The van der Waals surface area contributed by atoms with Crippen LogP contribution < -0.4 is 10.5 Å². The molecule has 1 aromatic carbocycles. The average Bonchev–Trinajstić information content (AvgIpc) is 2.18. The second kappa shape index (κ2) is 4.05. The average molecular weight is 226 g/mol. The van der Waals surface area contributed by atoms with E-state index < -0.39 is 10.7 Å². The van der Waals surface area contributed by atoms with Crippen LogP contribution in [0.25, 0.3) is 0 Å². The molecule has 2 rings (SSSR count). The van der Waals surface area contributed by atoms with Crippen molar-refractivity contribution < 1.29 is 14.1 Å². The Kier molecular flexibility index (Phi) is 2.74. The first-order valence-electron chi connectivity index (χ1n) is 4.93. The largest absolute Gasteiger partial charge is 0.481 e. The fraction of sp³-hybridized carbons (Fsp3) is 0.400. The van der Waals surface area contributed by atoms with Gasteiger partial charge in [0.05, 0.1) is 4.92 Å². The molecule has 0 aliphatic heterocycles. The number of nitro benzene ring substituents is 1. The molecule has 6 heteroatoms. The Bertz CT molecular complexity index is 419. The molecule has 0 bridgehead atoms. The van der Waals surface area contributed by atoms with Crippen LogP contribution in [0.15, 0.2) is 18.2 Å². The van der Waals surface area contributed by atoms with Crippen molar-refractivity contribution in [3.05, 3.63) is 34.1 Å². The van der Waals surface area contributed by atoms with Crippen molar-refractivity contribution in [2.45, 2.75) is 25.0 Å². The van der Waals surface area contributed by atoms with Gasteiger partial charge in [-0.05, 0) is 18.9 Å². The molecule has 1 aromatic rings. The standard InChI is InChI=1S/C10H11FN2O3/c11-8-2-1-3-9(13(14)15)10(8)16-7-4-6(12)5-7/h1-3,6-7H,4-5,12H2. The van der Waals surface area contributed by atoms with E-state index in [1.54, 1.807) is 0 Å². The number of benzene rings is 1. The highest BCUT2D eigenvalue weighted by molar-refractivity contribution is 5.47. The van der Waals surface area contributed by atoms with Gasteiger partial charge in [0.15, 0.2) is 5.82 Å². The number of rotatable bonds is 3. The molecule has 0 amide bonds. The molecule has 1 fully saturated rings. The van der Waals surface area contributed by atoms with Crippen LogP contribution in [0.5, 0.6) is 5.75 Å². The van der Waals surface area contributed by atoms with Gasteiger partial charge in [0.2, 0.25) is 5.75 Å². The lowest BCUT2D eigenvalue weighted by atomic mass is 9.90. The van der Waals surface area contributed by atoms with E-state index in [-0.39, 0.29) is 23.6 Å². The summed E-state index contributed by atoms with van der Waals surface area (Å²) in [7, 11) is 0. The number of para-hydroxylation sites is 1. The predicted octanol–water partition coefficient (Wildman–Crippen LogP) is 1.60. The molecule has 5 nitrogen and oxygen atoms in total. The van der Waals surface area contributed by atoms with Gasteiger partial charge in [-0.15, -0.1) is 0 Å². The van der Waals surface area contributed by atoms with E-state index in [1.165, 1.54) is 12.1 Å². The first kappa shape index (κ1) is 10.8. The maximum atomic E-state index is 13.4. The monoisotopic (exact) mass is 226 g/mol. The third kappa shape index (κ3) is 1.96. The minimum Gasteiger partial charge on any atom is -0.481 e. The van der Waals surface area contributed by atoms with Crippen molar-refractivity contribution in [2.24, 2.45) is 5.73 Å². The molecule has 86 valence electrons. The molecular formula is C10H11FN2O3. The number of ether oxygens (including phenoxy) is 1. The van der Waals surface area contributed by atoms with E-state index in [0.29, 0.717) is 12.8 Å². The maximum Gasteiger partial charge on any atom is 0.314 e. The van der Waals surface area contributed by atoms with E-state index >= 15 is 0 Å². The van der Waals surface area contributed by atoms with E-state index in [4.69, 9.17) is 10.5 Å². The van der Waals surface area contributed by atoms with Gasteiger partial charge in [0.25, 0.3) is 0 Å². The predicted molar refractivity (Wildman–Crippen MR) is 54.7 cm³/mol. The summed E-state index contributed by atoms with van der Waals surface area (Å²) in [5.41, 5.74) is 5.20. The van der Waals surface area contributed by atoms with Crippen molar-refractivity contribution in [3.63, 3.8) is 0 Å². The second-order valence-corrected chi connectivity index (χ2v) is 3.82. The SMILES string of the molecule is NC1CC(Oc2c(F)cccc2[N+](=O)[O-])C1. The zero-order chi connectivity index (χ0) is 11.7. The fourth-order valence-electron chi connectivity index (χ4n) is 1.63. The summed E-state index contributed by atoms with van der Waals surface area (Å²) in [5, 5.41) is 10.7. The number of nitro groups is 1. The zero-order valence-electron chi connectivity index (χ0n) is 8.43. The summed E-state index contributed by atoms with van der Waals surface area (Å²) in [6, 6.07) is 3.70. The van der Waals surface area contributed by atoms with Gasteiger partial charge in [-0.1, -0.05) is 6.07 Å². The van der Waals surface area contributed by atoms with E-state index in [0.717, 1.165) is 6.07 Å². The van der Waals surface area contributed by atoms with Crippen LogP contribution in [-0.4, -0.2) is 17.1 Å². The second-order valence-electron chi connectivity index (χ2n) is 3.82. The van der Waals surface area contributed by atoms with E-state index in [1.807, 2.05) is 0 Å². The lowest BCUT2D eigenvalue weighted by molar-refractivity contribution is -0.386. The molecule has 1 aliphatic carbocycles. The normalized spacial score (nSPS) is 23.6. The number of nitrogens with zero attached hydrogens (tertiary/aromatic N) is 1. The molecule has 0 radical (unpaired) electrons. The van der Waals surface area contributed by atoms with Gasteiger partial charge < -0.3 is 10.5 Å². The summed E-state index contributed by atoms with van der Waals surface area (Å²) in [4.78, 5) is 10.0. The molecular weight excluding hydrogens is 215 g/mol. The lowest BCUT2D eigenvalue weighted by Crippen LogP contribution is -2.43. The van der Waals surface area contributed by atoms with Gasteiger partial charge >= 0.3 is 5.69 Å². The van der Waals surface area contributed by atoms with Gasteiger partial charge in [-0.3, -0.25) is 10.1 Å². The minimum atomic E-state index is -0.713. The van der Waals surface area contributed by atoms with Gasteiger partial charge in [-0.2, -0.15) is 0 Å². The molecule has 0 saturated heterocycles. The van der Waals surface area contributed by atoms with Crippen molar-refractivity contribution in [2.75, 3.05) is 0 Å². The van der Waals surface area contributed by atoms with Crippen LogP contribution in [-0.2, 0) is 0 Å². The van der Waals surface area contributed by atoms with Crippen LogP contribution in [0.1, 0.15) is 12.8 Å². The van der Waals surface area contributed by atoms with Crippen molar-refractivity contribution in [1.82, 2.24) is 0 Å². The summed E-state index contributed by atoms with van der Waals surface area (Å²) in [6.45, 7) is 0. The van der Waals surface area contributed by atoms with Gasteiger partial charge in [-0.25, -0.2) is 4.39 Å². The smallest absolute Gasteiger partial charge is 0.314 e. The van der Waals surface area contributed by atoms with Crippen LogP contribution in [0.3, 0.4) is 0 Å². The summed E-state index contributed by atoms with van der Waals surface area (Å²) < 4.78 is 18.6. The number of halogens is 1. The number of nitrogens with two attached hydrogens (primary N) is 1. The van der Waals surface area contributed by atoms with Crippen LogP contribution in [0.2, 0.25) is 0 Å². The highest BCUT2D eigenvalue weighted by Crippen LogP contribution is 2.33. The van der Waals surface area contributed by atoms with Crippen molar-refractivity contribution in [3.8, 4) is 5.75 Å². The highest BCUT2D eigenvalue weighted by atomic mass is 19.1. The minimum absolute atomic E-state index is 0.0517. The van der Waals surface area contributed by atoms with Gasteiger partial charge in [0, 0.05) is 12.1 Å². The molecule has 0 atom stereocenters. The first-order valence-corrected chi connectivity index (χ1v) is 4.93. The van der Waals surface area contributed by atoms with Crippen molar-refractivity contribution >= 4 is 5.69 Å². The van der Waals surface area contributed by atoms with Crippen LogP contribution in [0.4, 0.5) is 10.1 Å². The Morgan fingerprint density at radius 1 is 1.50 bits per heavy atom. The topological polar surface area (TPSA) is 78.4 Å². The summed E-state index contributed by atoms with van der Waals surface area (Å²) in [5.74, 6) is -1.00. The number of hydrogen-bond acceptors (Lipinski definition) is 4. The molecule has 0 unspecified atom stereocenters. The lowest BCUT2D eigenvalue weighted by Gasteiger charge is -2.32. The Labute approximate surface area is 91.2 Å². The Balaban J connectivity index is 2.21.